The minimum atomic E-state index is -1.75. The number of halogens is 2. The Morgan fingerprint density at radius 1 is 1.00 bits per heavy atom. The molecule has 4 heteroatoms. The van der Waals surface area contributed by atoms with E-state index in [9.17, 15) is 9.18 Å². The number of ketones is 1. The fourth-order valence-corrected chi connectivity index (χ4v) is 1.85. The van der Waals surface area contributed by atoms with Crippen LogP contribution in [-0.2, 0) is 0 Å². The van der Waals surface area contributed by atoms with E-state index in [0.717, 1.165) is 0 Å². The minimum Gasteiger partial charge on any atom is -0.459 e. The Kier molecular flexibility index (Phi) is 4.09. The fraction of sp³-hybridized carbons (Fsp3) is 0.188. The molecule has 0 spiro atoms. The first kappa shape index (κ1) is 14.5. The molecule has 0 aliphatic rings. The van der Waals surface area contributed by atoms with Gasteiger partial charge in [0.2, 0.25) is 5.85 Å². The lowest BCUT2D eigenvalue weighted by Gasteiger charge is -2.17. The van der Waals surface area contributed by atoms with Crippen LogP contribution in [0.4, 0.5) is 4.39 Å². The van der Waals surface area contributed by atoms with Crippen molar-refractivity contribution >= 4 is 17.4 Å². The van der Waals surface area contributed by atoms with Crippen LogP contribution >= 0.6 is 11.6 Å². The predicted octanol–water partition coefficient (Wildman–Crippen LogP) is 4.66. The molecular formula is C16H14ClFO2. The molecule has 0 saturated carbocycles. The third-order valence-electron chi connectivity index (χ3n) is 2.58. The average molecular weight is 293 g/mol. The summed E-state index contributed by atoms with van der Waals surface area (Å²) in [7, 11) is 0. The zero-order chi connectivity index (χ0) is 14.8. The largest absolute Gasteiger partial charge is 0.459 e. The number of carbonyl (C=O) groups is 1. The molecule has 0 radical (unpaired) electrons. The van der Waals surface area contributed by atoms with E-state index in [1.165, 1.54) is 13.8 Å². The van der Waals surface area contributed by atoms with E-state index in [1.807, 2.05) is 0 Å². The molecule has 0 aliphatic carbocycles. The van der Waals surface area contributed by atoms with Gasteiger partial charge in [-0.15, -0.1) is 0 Å². The first-order valence-electron chi connectivity index (χ1n) is 6.13. The van der Waals surface area contributed by atoms with Crippen molar-refractivity contribution in [1.82, 2.24) is 0 Å². The molecule has 0 N–H and O–H groups in total. The molecule has 0 aromatic heterocycles. The van der Waals surface area contributed by atoms with Crippen LogP contribution in [0.1, 0.15) is 29.8 Å². The molecule has 0 saturated heterocycles. The quantitative estimate of drug-likeness (QED) is 0.766. The zero-order valence-electron chi connectivity index (χ0n) is 11.2. The Morgan fingerprint density at radius 3 is 1.90 bits per heavy atom. The predicted molar refractivity (Wildman–Crippen MR) is 77.1 cm³/mol. The highest BCUT2D eigenvalue weighted by Gasteiger charge is 2.17. The Morgan fingerprint density at radius 2 is 1.45 bits per heavy atom. The molecule has 0 bridgehead atoms. The first-order chi connectivity index (χ1) is 9.35. The summed E-state index contributed by atoms with van der Waals surface area (Å²) in [6.45, 7) is 2.64. The smallest absolute Gasteiger partial charge is 0.242 e. The standard InChI is InChI=1S/C16H14ClFO2/c1-16(2,18)20-14-9-5-12(6-10-14)15(19)11-3-7-13(17)8-4-11/h3-10H,1-2H3. The molecule has 0 atom stereocenters. The highest BCUT2D eigenvalue weighted by Crippen LogP contribution is 2.21. The lowest BCUT2D eigenvalue weighted by Crippen LogP contribution is -2.21. The monoisotopic (exact) mass is 292 g/mol. The number of alkyl halides is 1. The zero-order valence-corrected chi connectivity index (χ0v) is 11.9. The van der Waals surface area contributed by atoms with Crippen molar-refractivity contribution in [3.05, 3.63) is 64.7 Å². The molecule has 2 nitrogen and oxygen atoms in total. The summed E-state index contributed by atoms with van der Waals surface area (Å²) in [4.78, 5) is 12.2. The summed E-state index contributed by atoms with van der Waals surface area (Å²) in [5.41, 5.74) is 1.06. The first-order valence-corrected chi connectivity index (χ1v) is 6.51. The molecule has 20 heavy (non-hydrogen) atoms. The van der Waals surface area contributed by atoms with Crippen molar-refractivity contribution < 1.29 is 13.9 Å². The number of benzene rings is 2. The van der Waals surface area contributed by atoms with Crippen LogP contribution in [0.5, 0.6) is 5.75 Å². The van der Waals surface area contributed by atoms with E-state index in [2.05, 4.69) is 0 Å². The molecule has 2 aromatic rings. The molecule has 0 unspecified atom stereocenters. The number of ether oxygens (including phenoxy) is 1. The van der Waals surface area contributed by atoms with Crippen LogP contribution in [0.3, 0.4) is 0 Å². The molecular weight excluding hydrogens is 279 g/mol. The van der Waals surface area contributed by atoms with Gasteiger partial charge in [-0.3, -0.25) is 4.79 Å². The summed E-state index contributed by atoms with van der Waals surface area (Å²) in [6.07, 6.45) is 0. The van der Waals surface area contributed by atoms with Gasteiger partial charge in [-0.05, 0) is 48.5 Å². The maximum absolute atomic E-state index is 13.3. The van der Waals surface area contributed by atoms with E-state index >= 15 is 0 Å². The van der Waals surface area contributed by atoms with Gasteiger partial charge in [0.25, 0.3) is 0 Å². The van der Waals surface area contributed by atoms with Crippen molar-refractivity contribution in [2.75, 3.05) is 0 Å². The lowest BCUT2D eigenvalue weighted by molar-refractivity contribution is -0.0257. The second kappa shape index (κ2) is 5.63. The van der Waals surface area contributed by atoms with Crippen LogP contribution < -0.4 is 4.74 Å². The maximum atomic E-state index is 13.3. The molecule has 0 fully saturated rings. The second-order valence-corrected chi connectivity index (χ2v) is 5.26. The summed E-state index contributed by atoms with van der Waals surface area (Å²) in [5.74, 6) is -1.49. The van der Waals surface area contributed by atoms with E-state index in [1.54, 1.807) is 48.5 Å². The Balaban J connectivity index is 2.17. The number of carbonyl (C=O) groups excluding carboxylic acids is 1. The summed E-state index contributed by atoms with van der Waals surface area (Å²) >= 11 is 5.78. The maximum Gasteiger partial charge on any atom is 0.242 e. The minimum absolute atomic E-state index is 0.118. The third-order valence-corrected chi connectivity index (χ3v) is 2.84. The number of hydrogen-bond donors (Lipinski definition) is 0. The van der Waals surface area contributed by atoms with Crippen molar-refractivity contribution in [3.63, 3.8) is 0 Å². The lowest BCUT2D eigenvalue weighted by atomic mass is 10.0. The highest BCUT2D eigenvalue weighted by atomic mass is 35.5. The van der Waals surface area contributed by atoms with Crippen molar-refractivity contribution in [2.24, 2.45) is 0 Å². The number of hydrogen-bond acceptors (Lipinski definition) is 2. The van der Waals surface area contributed by atoms with Crippen molar-refractivity contribution in [3.8, 4) is 5.75 Å². The van der Waals surface area contributed by atoms with Gasteiger partial charge in [0.05, 0.1) is 0 Å². The van der Waals surface area contributed by atoms with Gasteiger partial charge in [-0.1, -0.05) is 11.6 Å². The van der Waals surface area contributed by atoms with Crippen LogP contribution in [0.15, 0.2) is 48.5 Å². The van der Waals surface area contributed by atoms with Crippen LogP contribution in [-0.4, -0.2) is 11.6 Å². The van der Waals surface area contributed by atoms with E-state index < -0.39 is 5.85 Å². The molecule has 0 aliphatic heterocycles. The fourth-order valence-electron chi connectivity index (χ4n) is 1.72. The van der Waals surface area contributed by atoms with Gasteiger partial charge in [0.1, 0.15) is 5.75 Å². The van der Waals surface area contributed by atoms with Gasteiger partial charge in [0.15, 0.2) is 5.78 Å². The normalized spacial score (nSPS) is 11.2. The van der Waals surface area contributed by atoms with E-state index in [-0.39, 0.29) is 5.78 Å². The van der Waals surface area contributed by atoms with Crippen LogP contribution in [0.25, 0.3) is 0 Å². The summed E-state index contributed by atoms with van der Waals surface area (Å²) in [6, 6.07) is 13.0. The van der Waals surface area contributed by atoms with Gasteiger partial charge >= 0.3 is 0 Å². The van der Waals surface area contributed by atoms with E-state index in [0.29, 0.717) is 21.9 Å². The third kappa shape index (κ3) is 3.81. The van der Waals surface area contributed by atoms with Crippen molar-refractivity contribution in [2.45, 2.75) is 19.7 Å². The molecule has 0 amide bonds. The second-order valence-electron chi connectivity index (χ2n) is 4.83. The Bertz CT molecular complexity index is 598. The van der Waals surface area contributed by atoms with E-state index in [4.69, 9.17) is 16.3 Å². The molecule has 0 heterocycles. The molecule has 2 aromatic carbocycles. The van der Waals surface area contributed by atoms with Gasteiger partial charge in [0, 0.05) is 30.0 Å². The van der Waals surface area contributed by atoms with Crippen LogP contribution in [0.2, 0.25) is 5.02 Å². The van der Waals surface area contributed by atoms with Crippen LogP contribution in [0, 0.1) is 0 Å². The SMILES string of the molecule is CC(C)(F)Oc1ccc(C(=O)c2ccc(Cl)cc2)cc1. The molecule has 104 valence electrons. The van der Waals surface area contributed by atoms with Gasteiger partial charge in [-0.25, -0.2) is 0 Å². The Labute approximate surface area is 122 Å². The summed E-state index contributed by atoms with van der Waals surface area (Å²) < 4.78 is 18.4. The van der Waals surface area contributed by atoms with Crippen molar-refractivity contribution in [1.29, 1.82) is 0 Å². The topological polar surface area (TPSA) is 26.3 Å². The van der Waals surface area contributed by atoms with Gasteiger partial charge < -0.3 is 4.74 Å². The summed E-state index contributed by atoms with van der Waals surface area (Å²) in [5, 5.41) is 0.579. The Hall–Kier alpha value is -1.87. The average Bonchev–Trinajstić information content (AvgIpc) is 2.38. The number of rotatable bonds is 4. The highest BCUT2D eigenvalue weighted by molar-refractivity contribution is 6.30. The van der Waals surface area contributed by atoms with Gasteiger partial charge in [-0.2, -0.15) is 4.39 Å². The molecule has 2 rings (SSSR count).